The summed E-state index contributed by atoms with van der Waals surface area (Å²) in [6, 6.07) is 15.7. The average Bonchev–Trinajstić information content (AvgIpc) is 4.12. The van der Waals surface area contributed by atoms with Gasteiger partial charge in [0.15, 0.2) is 0 Å². The molecule has 352 valence electrons. The normalized spacial score (nSPS) is 21.1. The summed E-state index contributed by atoms with van der Waals surface area (Å²) in [5.41, 5.74) is 10.8. The van der Waals surface area contributed by atoms with Gasteiger partial charge in [-0.15, -0.1) is 0 Å². The van der Waals surface area contributed by atoms with Crippen molar-refractivity contribution in [1.29, 1.82) is 0 Å². The van der Waals surface area contributed by atoms with Gasteiger partial charge in [-0.05, 0) is 122 Å². The first-order valence-electron chi connectivity index (χ1n) is 23.7. The Hall–Kier alpha value is -6.12. The van der Waals surface area contributed by atoms with E-state index in [1.54, 1.807) is 4.90 Å². The smallest absolute Gasteiger partial charge is 0.407 e. The Balaban J connectivity index is 1.12. The Morgan fingerprint density at radius 3 is 1.56 bits per heavy atom. The Labute approximate surface area is 387 Å². The van der Waals surface area contributed by atoms with Crippen molar-refractivity contribution in [3.8, 4) is 0 Å². The molecule has 66 heavy (non-hydrogen) atoms. The maximum absolute atomic E-state index is 13.9. The molecule has 2 aromatic heterocycles. The quantitative estimate of drug-likeness (QED) is 0.0860. The second kappa shape index (κ2) is 18.3. The van der Waals surface area contributed by atoms with Gasteiger partial charge in [-0.2, -0.15) is 0 Å². The number of carbonyl (C=O) groups is 4. The zero-order valence-electron chi connectivity index (χ0n) is 40.1. The molecule has 3 aliphatic heterocycles. The molecule has 4 amide bonds. The molecule has 6 unspecified atom stereocenters. The topological polar surface area (TPSA) is 189 Å². The van der Waals surface area contributed by atoms with Gasteiger partial charge in [0.2, 0.25) is 11.8 Å². The zero-order chi connectivity index (χ0) is 47.4. The number of nitrogens with zero attached hydrogens (tertiary/aromatic N) is 5. The number of aromatic amines is 2. The van der Waals surface area contributed by atoms with Crippen molar-refractivity contribution in [3.63, 3.8) is 0 Å². The number of hydrogen-bond donors (Lipinski definition) is 5. The standard InChI is InChI=1S/C51H67N9O6/c1-27(2)42(56-49(63)64)47(61)58-21-11-13-40(58)45-52-34-17-15-31(25-36(34)54-45)38-19-20-39(60(38)44-29(5)23-33(24-30(44)6)51(7,8)9)32-16-18-35-37(26-32)55-46(53-35)41-14-12-22-59(41)48(62)43(28(3)4)57-50(65)66-10/h15-18,23-28,38-43,56H,11-14,19-22H2,1-10H3,(H,52,54)(H,53,55)(H,57,65)(H,63,64). The van der Waals surface area contributed by atoms with Gasteiger partial charge in [0, 0.05) is 18.8 Å². The minimum Gasteiger partial charge on any atom is -0.465 e. The molecule has 0 saturated carbocycles. The van der Waals surface area contributed by atoms with Crippen molar-refractivity contribution in [1.82, 2.24) is 40.4 Å². The highest BCUT2D eigenvalue weighted by atomic mass is 16.5. The van der Waals surface area contributed by atoms with Gasteiger partial charge in [0.25, 0.3) is 0 Å². The van der Waals surface area contributed by atoms with Crippen LogP contribution in [0.5, 0.6) is 0 Å². The molecule has 5 heterocycles. The van der Waals surface area contributed by atoms with E-state index in [4.69, 9.17) is 14.7 Å². The van der Waals surface area contributed by atoms with Crippen LogP contribution in [0.25, 0.3) is 22.1 Å². The molecule has 15 nitrogen and oxygen atoms in total. The molecule has 3 saturated heterocycles. The minimum atomic E-state index is -1.21. The van der Waals surface area contributed by atoms with E-state index in [1.807, 2.05) is 32.6 Å². The number of ether oxygens (including phenoxy) is 1. The summed E-state index contributed by atoms with van der Waals surface area (Å²) < 4.78 is 4.84. The molecule has 0 spiro atoms. The molecule has 3 aliphatic rings. The molecule has 5 aromatic rings. The van der Waals surface area contributed by atoms with E-state index in [-0.39, 0.29) is 53.2 Å². The molecule has 5 N–H and O–H groups in total. The number of alkyl carbamates (subject to hydrolysis) is 1. The van der Waals surface area contributed by atoms with Crippen LogP contribution >= 0.6 is 0 Å². The van der Waals surface area contributed by atoms with E-state index in [0.717, 1.165) is 66.4 Å². The predicted molar refractivity (Wildman–Crippen MR) is 255 cm³/mol. The fourth-order valence-electron chi connectivity index (χ4n) is 10.7. The van der Waals surface area contributed by atoms with Crippen LogP contribution in [-0.2, 0) is 19.7 Å². The number of aryl methyl sites for hydroxylation is 2. The summed E-state index contributed by atoms with van der Waals surface area (Å²) in [5.74, 6) is 0.764. The summed E-state index contributed by atoms with van der Waals surface area (Å²) >= 11 is 0. The molecular formula is C51H67N9O6. The van der Waals surface area contributed by atoms with Crippen LogP contribution in [0.15, 0.2) is 48.5 Å². The Morgan fingerprint density at radius 2 is 1.15 bits per heavy atom. The van der Waals surface area contributed by atoms with Gasteiger partial charge in [0.1, 0.15) is 23.7 Å². The number of amides is 4. The molecule has 6 atom stereocenters. The highest BCUT2D eigenvalue weighted by Gasteiger charge is 2.41. The number of methoxy groups -OCH3 is 1. The average molecular weight is 902 g/mol. The molecule has 3 aromatic carbocycles. The number of carboxylic acid groups (broad SMARTS) is 1. The van der Waals surface area contributed by atoms with Crippen LogP contribution < -0.4 is 15.5 Å². The third-order valence-corrected chi connectivity index (χ3v) is 14.1. The number of H-pyrrole nitrogens is 2. The Kier molecular flexibility index (Phi) is 12.9. The first-order chi connectivity index (χ1) is 31.3. The number of benzene rings is 3. The van der Waals surface area contributed by atoms with Gasteiger partial charge in [-0.1, -0.05) is 72.7 Å². The number of likely N-dealkylation sites (tertiary alicyclic amines) is 2. The van der Waals surface area contributed by atoms with Crippen LogP contribution in [0.3, 0.4) is 0 Å². The number of nitrogens with one attached hydrogen (secondary N) is 4. The highest BCUT2D eigenvalue weighted by molar-refractivity contribution is 5.87. The third-order valence-electron chi connectivity index (χ3n) is 14.1. The van der Waals surface area contributed by atoms with Crippen LogP contribution in [-0.4, -0.2) is 91.1 Å². The lowest BCUT2D eigenvalue weighted by atomic mass is 9.84. The summed E-state index contributed by atoms with van der Waals surface area (Å²) in [5, 5.41) is 14.7. The fraction of sp³-hybridized carbons (Fsp3) is 0.529. The van der Waals surface area contributed by atoms with Crippen molar-refractivity contribution >= 4 is 51.8 Å². The van der Waals surface area contributed by atoms with Gasteiger partial charge in [-0.3, -0.25) is 9.59 Å². The molecule has 0 radical (unpaired) electrons. The van der Waals surface area contributed by atoms with Crippen LogP contribution in [0, 0.1) is 25.7 Å². The van der Waals surface area contributed by atoms with Crippen LogP contribution in [0.4, 0.5) is 15.3 Å². The van der Waals surface area contributed by atoms with Gasteiger partial charge in [0.05, 0.1) is 53.3 Å². The first-order valence-corrected chi connectivity index (χ1v) is 23.7. The maximum Gasteiger partial charge on any atom is 0.407 e. The third kappa shape index (κ3) is 8.92. The number of imidazole rings is 2. The van der Waals surface area contributed by atoms with E-state index >= 15 is 0 Å². The van der Waals surface area contributed by atoms with Crippen molar-refractivity contribution in [3.05, 3.63) is 88.0 Å². The molecule has 3 fully saturated rings. The van der Waals surface area contributed by atoms with E-state index in [1.165, 1.54) is 40.6 Å². The van der Waals surface area contributed by atoms with Gasteiger partial charge >= 0.3 is 12.2 Å². The van der Waals surface area contributed by atoms with E-state index < -0.39 is 24.3 Å². The molecule has 15 heteroatoms. The Bertz CT molecular complexity index is 2620. The van der Waals surface area contributed by atoms with Crippen molar-refractivity contribution in [2.24, 2.45) is 11.8 Å². The van der Waals surface area contributed by atoms with Crippen molar-refractivity contribution in [2.45, 2.75) is 143 Å². The molecule has 0 aliphatic carbocycles. The van der Waals surface area contributed by atoms with Gasteiger partial charge < -0.3 is 45.1 Å². The van der Waals surface area contributed by atoms with Crippen molar-refractivity contribution in [2.75, 3.05) is 25.1 Å². The number of aromatic nitrogens is 4. The SMILES string of the molecule is COC(=O)NC(C(=O)N1CCCC1c1nc2ccc(C3CCC(c4ccc5nc(C6CCCN6C(=O)C(NC(=O)O)C(C)C)[nH]c5c4)N3c3c(C)cc(C(C)(C)C)cc3C)cc2[nH]1)C(C)C. The summed E-state index contributed by atoms with van der Waals surface area (Å²) in [6.45, 7) is 19.9. The van der Waals surface area contributed by atoms with Gasteiger partial charge in [-0.25, -0.2) is 19.6 Å². The highest BCUT2D eigenvalue weighted by Crippen LogP contribution is 2.50. The summed E-state index contributed by atoms with van der Waals surface area (Å²) in [6.07, 6.45) is 3.14. The van der Waals surface area contributed by atoms with Crippen LogP contribution in [0.2, 0.25) is 0 Å². The molecule has 0 bridgehead atoms. The van der Waals surface area contributed by atoms with Crippen molar-refractivity contribution < 1.29 is 29.0 Å². The number of hydrogen-bond acceptors (Lipinski definition) is 8. The predicted octanol–water partition coefficient (Wildman–Crippen LogP) is 9.44. The fourth-order valence-corrected chi connectivity index (χ4v) is 10.7. The largest absolute Gasteiger partial charge is 0.465 e. The summed E-state index contributed by atoms with van der Waals surface area (Å²) in [7, 11) is 1.30. The summed E-state index contributed by atoms with van der Waals surface area (Å²) in [4.78, 5) is 75.0. The second-order valence-electron chi connectivity index (χ2n) is 20.4. The number of fused-ring (bicyclic) bond motifs is 2. The number of anilines is 1. The lowest BCUT2D eigenvalue weighted by molar-refractivity contribution is -0.136. The van der Waals surface area contributed by atoms with E-state index in [2.05, 4.69) is 109 Å². The molecular weight excluding hydrogens is 835 g/mol. The lowest BCUT2D eigenvalue weighted by Crippen LogP contribution is -2.51. The number of rotatable bonds is 11. The van der Waals surface area contributed by atoms with E-state index in [0.29, 0.717) is 18.9 Å². The Morgan fingerprint density at radius 1 is 0.697 bits per heavy atom. The minimum absolute atomic E-state index is 0.0143. The zero-order valence-corrected chi connectivity index (χ0v) is 40.1. The van der Waals surface area contributed by atoms with Crippen LogP contribution in [0.1, 0.15) is 151 Å². The van der Waals surface area contributed by atoms with E-state index in [9.17, 15) is 24.3 Å². The molecule has 8 rings (SSSR count). The monoisotopic (exact) mass is 902 g/mol. The second-order valence-corrected chi connectivity index (χ2v) is 20.4. The maximum atomic E-state index is 13.9. The lowest BCUT2D eigenvalue weighted by Gasteiger charge is -2.36. The number of carbonyl (C=O) groups excluding carboxylic acids is 3. The first kappa shape index (κ1) is 46.4.